The van der Waals surface area contributed by atoms with Gasteiger partial charge in [-0.05, 0) is 29.1 Å². The molecule has 0 saturated heterocycles. The predicted molar refractivity (Wildman–Crippen MR) is 87.1 cm³/mol. The molecule has 0 atom stereocenters. The number of thiophene rings is 1. The van der Waals surface area contributed by atoms with Gasteiger partial charge in [0.2, 0.25) is 15.7 Å². The summed E-state index contributed by atoms with van der Waals surface area (Å²) in [5.74, 6) is -1.19. The van der Waals surface area contributed by atoms with Crippen molar-refractivity contribution >= 4 is 27.1 Å². The highest BCUT2D eigenvalue weighted by atomic mass is 32.2. The molecule has 0 fully saturated rings. The van der Waals surface area contributed by atoms with E-state index in [4.69, 9.17) is 4.42 Å². The topological polar surface area (TPSA) is 102 Å². The van der Waals surface area contributed by atoms with Crippen molar-refractivity contribution in [3.05, 3.63) is 63.9 Å². The van der Waals surface area contributed by atoms with Gasteiger partial charge in [-0.25, -0.2) is 12.8 Å². The number of hydrogen-bond acceptors (Lipinski definition) is 7. The average Bonchev–Trinajstić information content (AvgIpc) is 3.26. The van der Waals surface area contributed by atoms with Gasteiger partial charge < -0.3 is 9.73 Å². The summed E-state index contributed by atoms with van der Waals surface area (Å²) in [6.45, 7) is -0.0875. The third-order valence-electron chi connectivity index (χ3n) is 3.13. The van der Waals surface area contributed by atoms with Crippen LogP contribution in [-0.2, 0) is 22.1 Å². The van der Waals surface area contributed by atoms with Gasteiger partial charge in [0.15, 0.2) is 0 Å². The van der Waals surface area contributed by atoms with Crippen molar-refractivity contribution in [3.63, 3.8) is 0 Å². The summed E-state index contributed by atoms with van der Waals surface area (Å²) in [4.78, 5) is 12.3. The molecular weight excluding hydrogens is 369 g/mol. The van der Waals surface area contributed by atoms with Crippen LogP contribution in [-0.4, -0.2) is 24.5 Å². The van der Waals surface area contributed by atoms with Gasteiger partial charge in [0.25, 0.3) is 5.91 Å². The van der Waals surface area contributed by atoms with Crippen LogP contribution >= 0.6 is 11.3 Å². The van der Waals surface area contributed by atoms with E-state index in [0.29, 0.717) is 10.4 Å². The van der Waals surface area contributed by atoms with Crippen LogP contribution in [0.3, 0.4) is 0 Å². The number of amides is 1. The van der Waals surface area contributed by atoms with E-state index < -0.39 is 26.6 Å². The Morgan fingerprint density at radius 3 is 2.64 bits per heavy atom. The summed E-state index contributed by atoms with van der Waals surface area (Å²) < 4.78 is 42.5. The van der Waals surface area contributed by atoms with Gasteiger partial charge >= 0.3 is 5.22 Å². The molecule has 7 nitrogen and oxygen atoms in total. The summed E-state index contributed by atoms with van der Waals surface area (Å²) in [5.41, 5.74) is 0.396. The molecule has 2 heterocycles. The monoisotopic (exact) mass is 381 g/mol. The lowest BCUT2D eigenvalue weighted by Gasteiger charge is -2.00. The number of rotatable bonds is 6. The second-order valence-corrected chi connectivity index (χ2v) is 7.82. The number of hydrogen-bond donors (Lipinski definition) is 1. The zero-order valence-corrected chi connectivity index (χ0v) is 14.3. The van der Waals surface area contributed by atoms with Crippen LogP contribution in [0.5, 0.6) is 0 Å². The van der Waals surface area contributed by atoms with Crippen LogP contribution in [0.2, 0.25) is 0 Å². The van der Waals surface area contributed by atoms with E-state index in [-0.39, 0.29) is 18.3 Å². The summed E-state index contributed by atoms with van der Waals surface area (Å²) in [6.07, 6.45) is 0. The fraction of sp³-hybridized carbons (Fsp3) is 0.133. The SMILES string of the molecule is O=C(NCc1nnc(S(=O)(=O)Cc2ccc(F)cc2)o1)c1cccs1. The lowest BCUT2D eigenvalue weighted by molar-refractivity contribution is 0.0951. The van der Waals surface area contributed by atoms with Crippen LogP contribution in [0.4, 0.5) is 4.39 Å². The Morgan fingerprint density at radius 1 is 1.20 bits per heavy atom. The molecule has 25 heavy (non-hydrogen) atoms. The van der Waals surface area contributed by atoms with Crippen LogP contribution in [0.15, 0.2) is 51.4 Å². The molecule has 130 valence electrons. The van der Waals surface area contributed by atoms with Gasteiger partial charge in [-0.3, -0.25) is 4.79 Å². The Hall–Kier alpha value is -2.59. The van der Waals surface area contributed by atoms with Crippen molar-refractivity contribution < 1.29 is 22.0 Å². The number of nitrogens with zero attached hydrogens (tertiary/aromatic N) is 2. The van der Waals surface area contributed by atoms with E-state index >= 15 is 0 Å². The maximum Gasteiger partial charge on any atom is 0.335 e. The summed E-state index contributed by atoms with van der Waals surface area (Å²) >= 11 is 1.28. The minimum atomic E-state index is -3.86. The second kappa shape index (κ2) is 7.11. The molecule has 0 spiro atoms. The third kappa shape index (κ3) is 4.28. The minimum Gasteiger partial charge on any atom is -0.411 e. The molecule has 3 aromatic rings. The predicted octanol–water partition coefficient (Wildman–Crippen LogP) is 2.17. The molecule has 3 rings (SSSR count). The summed E-state index contributed by atoms with van der Waals surface area (Å²) in [5, 5.41) is 10.9. The van der Waals surface area contributed by atoms with Crippen molar-refractivity contribution in [2.24, 2.45) is 0 Å². The maximum atomic E-state index is 12.9. The Balaban J connectivity index is 1.65. The van der Waals surface area contributed by atoms with E-state index in [1.54, 1.807) is 17.5 Å². The number of sulfone groups is 1. The van der Waals surface area contributed by atoms with E-state index in [9.17, 15) is 17.6 Å². The van der Waals surface area contributed by atoms with Crippen molar-refractivity contribution in [2.45, 2.75) is 17.5 Å². The highest BCUT2D eigenvalue weighted by Gasteiger charge is 2.23. The molecule has 0 aliphatic carbocycles. The van der Waals surface area contributed by atoms with Gasteiger partial charge in [0.1, 0.15) is 5.82 Å². The van der Waals surface area contributed by atoms with Crippen molar-refractivity contribution in [3.8, 4) is 0 Å². The Kier molecular flexibility index (Phi) is 4.91. The van der Waals surface area contributed by atoms with Gasteiger partial charge in [0.05, 0.1) is 17.2 Å². The third-order valence-corrected chi connectivity index (χ3v) is 5.41. The number of carbonyl (C=O) groups is 1. The standard InChI is InChI=1S/C15H12FN3O4S2/c16-11-5-3-10(4-6-11)9-25(21,22)15-19-18-13(23-15)8-17-14(20)12-2-1-7-24-12/h1-7H,8-9H2,(H,17,20). The Labute approximate surface area is 146 Å². The first-order chi connectivity index (χ1) is 11.9. The molecule has 0 aliphatic heterocycles. The van der Waals surface area contributed by atoms with E-state index in [0.717, 1.165) is 0 Å². The second-order valence-electron chi connectivity index (χ2n) is 5.01. The quantitative estimate of drug-likeness (QED) is 0.702. The lowest BCUT2D eigenvalue weighted by Crippen LogP contribution is -2.21. The first-order valence-corrected chi connectivity index (χ1v) is 9.58. The average molecular weight is 381 g/mol. The number of aromatic nitrogens is 2. The molecule has 1 aromatic carbocycles. The van der Waals surface area contributed by atoms with Gasteiger partial charge in [-0.2, -0.15) is 0 Å². The van der Waals surface area contributed by atoms with Crippen molar-refractivity contribution in [2.75, 3.05) is 0 Å². The number of halogens is 1. The normalized spacial score (nSPS) is 11.4. The fourth-order valence-electron chi connectivity index (χ4n) is 1.95. The molecule has 2 aromatic heterocycles. The molecule has 0 saturated carbocycles. The number of benzene rings is 1. The first kappa shape index (κ1) is 17.2. The number of carbonyl (C=O) groups excluding carboxylic acids is 1. The highest BCUT2D eigenvalue weighted by molar-refractivity contribution is 7.90. The lowest BCUT2D eigenvalue weighted by atomic mass is 10.2. The molecular formula is C15H12FN3O4S2. The van der Waals surface area contributed by atoms with Crippen LogP contribution in [0, 0.1) is 5.82 Å². The van der Waals surface area contributed by atoms with Crippen molar-refractivity contribution in [1.82, 2.24) is 15.5 Å². The zero-order chi connectivity index (χ0) is 17.9. The molecule has 0 bridgehead atoms. The van der Waals surface area contributed by atoms with Crippen LogP contribution in [0.1, 0.15) is 21.1 Å². The summed E-state index contributed by atoms with van der Waals surface area (Å²) in [7, 11) is -3.86. The largest absolute Gasteiger partial charge is 0.411 e. The van der Waals surface area contributed by atoms with Gasteiger partial charge in [0, 0.05) is 0 Å². The molecule has 0 aliphatic rings. The van der Waals surface area contributed by atoms with Crippen LogP contribution < -0.4 is 5.32 Å². The Morgan fingerprint density at radius 2 is 1.96 bits per heavy atom. The molecule has 1 N–H and O–H groups in total. The van der Waals surface area contributed by atoms with E-state index in [1.165, 1.54) is 35.6 Å². The first-order valence-electron chi connectivity index (χ1n) is 7.05. The molecule has 1 amide bonds. The van der Waals surface area contributed by atoms with Crippen molar-refractivity contribution in [1.29, 1.82) is 0 Å². The maximum absolute atomic E-state index is 12.9. The molecule has 10 heteroatoms. The number of nitrogens with one attached hydrogen (secondary N) is 1. The Bertz CT molecular complexity index is 967. The summed E-state index contributed by atoms with van der Waals surface area (Å²) in [6, 6.07) is 8.48. The van der Waals surface area contributed by atoms with Gasteiger partial charge in [-0.15, -0.1) is 16.4 Å². The fourth-order valence-corrected chi connectivity index (χ4v) is 3.73. The van der Waals surface area contributed by atoms with E-state index in [2.05, 4.69) is 15.5 Å². The highest BCUT2D eigenvalue weighted by Crippen LogP contribution is 2.16. The minimum absolute atomic E-state index is 0.0254. The van der Waals surface area contributed by atoms with E-state index in [1.807, 2.05) is 0 Å². The smallest absolute Gasteiger partial charge is 0.335 e. The van der Waals surface area contributed by atoms with Crippen LogP contribution in [0.25, 0.3) is 0 Å². The zero-order valence-electron chi connectivity index (χ0n) is 12.7. The van der Waals surface area contributed by atoms with Gasteiger partial charge in [-0.1, -0.05) is 23.3 Å². The molecule has 0 unspecified atom stereocenters. The molecule has 0 radical (unpaired) electrons.